The van der Waals surface area contributed by atoms with E-state index in [2.05, 4.69) is 24.9 Å². The van der Waals surface area contributed by atoms with Gasteiger partial charge in [0.25, 0.3) is 0 Å². The molecule has 1 aliphatic heterocycles. The number of nitrogen functional groups attached to an aromatic ring is 1. The minimum atomic E-state index is 0.692. The zero-order chi connectivity index (χ0) is 10.8. The number of nitrogens with zero attached hydrogens (tertiary/aromatic N) is 1. The van der Waals surface area contributed by atoms with Crippen LogP contribution in [-0.2, 0) is 0 Å². The van der Waals surface area contributed by atoms with Gasteiger partial charge in [-0.1, -0.05) is 0 Å². The Morgan fingerprint density at radius 2 is 2.27 bits per heavy atom. The lowest BCUT2D eigenvalue weighted by molar-refractivity contribution is 0.698. The van der Waals surface area contributed by atoms with E-state index in [1.807, 2.05) is 23.9 Å². The molecule has 1 atom stereocenters. The monoisotopic (exact) mass is 222 g/mol. The predicted molar refractivity (Wildman–Crippen MR) is 69.7 cm³/mol. The molecule has 0 aromatic heterocycles. The van der Waals surface area contributed by atoms with E-state index in [0.29, 0.717) is 6.04 Å². The standard InChI is InChI=1S/C12H18N2S/c1-9-7-10(13)3-4-12(9)14(2)11-5-6-15-8-11/h3-4,7,11H,5-6,8,13H2,1-2H3. The molecule has 0 spiro atoms. The van der Waals surface area contributed by atoms with Gasteiger partial charge in [-0.05, 0) is 42.9 Å². The van der Waals surface area contributed by atoms with Gasteiger partial charge in [0.2, 0.25) is 0 Å². The number of thioether (sulfide) groups is 1. The zero-order valence-electron chi connectivity index (χ0n) is 9.36. The van der Waals surface area contributed by atoms with Crippen molar-refractivity contribution in [3.8, 4) is 0 Å². The highest BCUT2D eigenvalue weighted by molar-refractivity contribution is 7.99. The molecule has 0 radical (unpaired) electrons. The fourth-order valence-corrected chi connectivity index (χ4v) is 3.37. The molecule has 1 aromatic carbocycles. The van der Waals surface area contributed by atoms with Crippen molar-refractivity contribution in [1.29, 1.82) is 0 Å². The van der Waals surface area contributed by atoms with Crippen molar-refractivity contribution in [1.82, 2.24) is 0 Å². The highest BCUT2D eigenvalue weighted by Crippen LogP contribution is 2.28. The number of hydrogen-bond acceptors (Lipinski definition) is 3. The number of rotatable bonds is 2. The lowest BCUT2D eigenvalue weighted by Gasteiger charge is -2.27. The number of anilines is 2. The summed E-state index contributed by atoms with van der Waals surface area (Å²) in [6, 6.07) is 6.86. The minimum absolute atomic E-state index is 0.692. The third-order valence-corrected chi connectivity index (χ3v) is 4.20. The van der Waals surface area contributed by atoms with Gasteiger partial charge >= 0.3 is 0 Å². The van der Waals surface area contributed by atoms with Crippen molar-refractivity contribution in [2.45, 2.75) is 19.4 Å². The first-order valence-corrected chi connectivity index (χ1v) is 6.50. The average molecular weight is 222 g/mol. The lowest BCUT2D eigenvalue weighted by atomic mass is 10.1. The smallest absolute Gasteiger partial charge is 0.0397 e. The van der Waals surface area contributed by atoms with E-state index in [-0.39, 0.29) is 0 Å². The van der Waals surface area contributed by atoms with Crippen LogP contribution in [0.2, 0.25) is 0 Å². The van der Waals surface area contributed by atoms with E-state index in [1.54, 1.807) is 0 Å². The molecule has 0 saturated carbocycles. The van der Waals surface area contributed by atoms with Crippen LogP contribution in [0, 0.1) is 6.92 Å². The summed E-state index contributed by atoms with van der Waals surface area (Å²) in [6.07, 6.45) is 1.30. The maximum Gasteiger partial charge on any atom is 0.0397 e. The predicted octanol–water partition coefficient (Wildman–Crippen LogP) is 2.52. The zero-order valence-corrected chi connectivity index (χ0v) is 10.2. The maximum atomic E-state index is 5.76. The van der Waals surface area contributed by atoms with E-state index in [9.17, 15) is 0 Å². The third-order valence-electron chi connectivity index (χ3n) is 3.05. The highest BCUT2D eigenvalue weighted by atomic mass is 32.2. The summed E-state index contributed by atoms with van der Waals surface area (Å²) < 4.78 is 0. The Bertz CT molecular complexity index is 345. The van der Waals surface area contributed by atoms with Crippen LogP contribution in [-0.4, -0.2) is 24.6 Å². The molecule has 1 fully saturated rings. The summed E-state index contributed by atoms with van der Waals surface area (Å²) in [7, 11) is 2.19. The van der Waals surface area contributed by atoms with Crippen molar-refractivity contribution in [2.24, 2.45) is 0 Å². The first-order valence-electron chi connectivity index (χ1n) is 5.35. The summed E-state index contributed by atoms with van der Waals surface area (Å²) in [5.41, 5.74) is 9.20. The molecule has 2 N–H and O–H groups in total. The normalized spacial score (nSPS) is 20.5. The molecule has 1 heterocycles. The second kappa shape index (κ2) is 4.35. The van der Waals surface area contributed by atoms with Crippen LogP contribution in [0.3, 0.4) is 0 Å². The van der Waals surface area contributed by atoms with E-state index in [1.165, 1.54) is 29.2 Å². The molecule has 2 rings (SSSR count). The average Bonchev–Trinajstić information content (AvgIpc) is 2.69. The molecule has 0 bridgehead atoms. The Hall–Kier alpha value is -0.830. The minimum Gasteiger partial charge on any atom is -0.399 e. The number of hydrogen-bond donors (Lipinski definition) is 1. The molecule has 0 aliphatic carbocycles. The number of aryl methyl sites for hydroxylation is 1. The quantitative estimate of drug-likeness (QED) is 0.780. The molecular weight excluding hydrogens is 204 g/mol. The second-order valence-corrected chi connectivity index (χ2v) is 5.32. The lowest BCUT2D eigenvalue weighted by Crippen LogP contribution is -2.31. The third kappa shape index (κ3) is 2.23. The van der Waals surface area contributed by atoms with Gasteiger partial charge in [-0.15, -0.1) is 0 Å². The first kappa shape index (κ1) is 10.7. The van der Waals surface area contributed by atoms with E-state index >= 15 is 0 Å². The molecule has 1 unspecified atom stereocenters. The molecular formula is C12H18N2S. The molecule has 1 saturated heterocycles. The molecule has 1 aromatic rings. The van der Waals surface area contributed by atoms with Gasteiger partial charge in [-0.3, -0.25) is 0 Å². The van der Waals surface area contributed by atoms with Crippen LogP contribution in [0.25, 0.3) is 0 Å². The number of benzene rings is 1. The van der Waals surface area contributed by atoms with Gasteiger partial charge in [0.1, 0.15) is 0 Å². The molecule has 82 valence electrons. The molecule has 0 amide bonds. The van der Waals surface area contributed by atoms with Gasteiger partial charge in [0.05, 0.1) is 0 Å². The maximum absolute atomic E-state index is 5.76. The number of nitrogens with two attached hydrogens (primary N) is 1. The Morgan fingerprint density at radius 1 is 1.47 bits per heavy atom. The van der Waals surface area contributed by atoms with Crippen LogP contribution >= 0.6 is 11.8 Å². The van der Waals surface area contributed by atoms with Crippen LogP contribution in [0.1, 0.15) is 12.0 Å². The van der Waals surface area contributed by atoms with E-state index < -0.39 is 0 Å². The Balaban J connectivity index is 2.20. The second-order valence-electron chi connectivity index (χ2n) is 4.17. The van der Waals surface area contributed by atoms with Gasteiger partial charge < -0.3 is 10.6 Å². The summed E-state index contributed by atoms with van der Waals surface area (Å²) in [4.78, 5) is 2.40. The van der Waals surface area contributed by atoms with Gasteiger partial charge in [0, 0.05) is 30.2 Å². The topological polar surface area (TPSA) is 29.3 Å². The van der Waals surface area contributed by atoms with Crippen molar-refractivity contribution in [3.05, 3.63) is 23.8 Å². The van der Waals surface area contributed by atoms with Crippen LogP contribution in [0.5, 0.6) is 0 Å². The molecule has 3 heteroatoms. The largest absolute Gasteiger partial charge is 0.399 e. The fourth-order valence-electron chi connectivity index (χ4n) is 2.10. The summed E-state index contributed by atoms with van der Waals surface area (Å²) >= 11 is 2.05. The van der Waals surface area contributed by atoms with Gasteiger partial charge in [-0.25, -0.2) is 0 Å². The van der Waals surface area contributed by atoms with E-state index in [0.717, 1.165) is 5.69 Å². The molecule has 2 nitrogen and oxygen atoms in total. The SMILES string of the molecule is Cc1cc(N)ccc1N(C)C1CCSC1. The van der Waals surface area contributed by atoms with Crippen molar-refractivity contribution in [3.63, 3.8) is 0 Å². The van der Waals surface area contributed by atoms with Crippen molar-refractivity contribution < 1.29 is 0 Å². The Labute approximate surface area is 95.8 Å². The van der Waals surface area contributed by atoms with Crippen LogP contribution < -0.4 is 10.6 Å². The van der Waals surface area contributed by atoms with Crippen molar-refractivity contribution in [2.75, 3.05) is 29.2 Å². The van der Waals surface area contributed by atoms with Gasteiger partial charge in [0.15, 0.2) is 0 Å². The van der Waals surface area contributed by atoms with Crippen molar-refractivity contribution >= 4 is 23.1 Å². The molecule has 1 aliphatic rings. The summed E-state index contributed by atoms with van der Waals surface area (Å²) in [5, 5.41) is 0. The summed E-state index contributed by atoms with van der Waals surface area (Å²) in [6.45, 7) is 2.13. The Kier molecular flexibility index (Phi) is 3.10. The first-order chi connectivity index (χ1) is 7.18. The van der Waals surface area contributed by atoms with Crippen LogP contribution in [0.4, 0.5) is 11.4 Å². The summed E-state index contributed by atoms with van der Waals surface area (Å²) in [5.74, 6) is 2.54. The fraction of sp³-hybridized carbons (Fsp3) is 0.500. The van der Waals surface area contributed by atoms with E-state index in [4.69, 9.17) is 5.73 Å². The molecule has 15 heavy (non-hydrogen) atoms. The van der Waals surface area contributed by atoms with Gasteiger partial charge in [-0.2, -0.15) is 11.8 Å². The highest BCUT2D eigenvalue weighted by Gasteiger charge is 2.21. The van der Waals surface area contributed by atoms with Crippen LogP contribution in [0.15, 0.2) is 18.2 Å². The Morgan fingerprint density at radius 3 is 2.87 bits per heavy atom.